The summed E-state index contributed by atoms with van der Waals surface area (Å²) in [6, 6.07) is 16.1. The van der Waals surface area contributed by atoms with Crippen LogP contribution in [0, 0.1) is 5.82 Å². The number of hydrogen-bond donors (Lipinski definition) is 1. The van der Waals surface area contributed by atoms with E-state index < -0.39 is 5.82 Å². The van der Waals surface area contributed by atoms with Crippen LogP contribution in [0.2, 0.25) is 0 Å². The Morgan fingerprint density at radius 1 is 1.00 bits per heavy atom. The third-order valence-electron chi connectivity index (χ3n) is 5.68. The zero-order chi connectivity index (χ0) is 23.5. The molecule has 0 amide bonds. The van der Waals surface area contributed by atoms with Gasteiger partial charge in [0.1, 0.15) is 11.6 Å². The van der Waals surface area contributed by atoms with Crippen LogP contribution in [-0.2, 0) is 4.74 Å². The van der Waals surface area contributed by atoms with Crippen molar-refractivity contribution in [1.29, 1.82) is 0 Å². The monoisotopic (exact) mass is 447 g/mol. The molecule has 1 unspecified atom stereocenters. The van der Waals surface area contributed by atoms with Gasteiger partial charge in [-0.15, -0.1) is 0 Å². The van der Waals surface area contributed by atoms with Crippen molar-refractivity contribution in [2.75, 3.05) is 6.61 Å². The van der Waals surface area contributed by atoms with E-state index in [2.05, 4.69) is 55.2 Å². The Bertz CT molecular complexity index is 1010. The molecule has 33 heavy (non-hydrogen) atoms. The lowest BCUT2D eigenvalue weighted by atomic mass is 10.0. The molecule has 3 aromatic rings. The Balaban J connectivity index is 1.48. The second-order valence-electron chi connectivity index (χ2n) is 8.44. The maximum absolute atomic E-state index is 14.1. The highest BCUT2D eigenvalue weighted by Gasteiger charge is 2.07. The van der Waals surface area contributed by atoms with Crippen LogP contribution in [0.5, 0.6) is 5.75 Å². The van der Waals surface area contributed by atoms with Crippen molar-refractivity contribution in [2.24, 2.45) is 0 Å². The van der Waals surface area contributed by atoms with Crippen LogP contribution < -0.4 is 0 Å². The van der Waals surface area contributed by atoms with E-state index in [9.17, 15) is 9.50 Å². The van der Waals surface area contributed by atoms with Gasteiger partial charge in [-0.25, -0.2) is 4.39 Å². The van der Waals surface area contributed by atoms with Crippen molar-refractivity contribution < 1.29 is 14.2 Å². The van der Waals surface area contributed by atoms with E-state index in [4.69, 9.17) is 4.74 Å². The number of hydrogen-bond acceptors (Lipinski definition) is 3. The summed E-state index contributed by atoms with van der Waals surface area (Å²) in [5.74, 6) is -0.550. The number of unbranched alkanes of at least 4 members (excludes halogenated alkanes) is 3. The molecule has 2 aromatic carbocycles. The highest BCUT2D eigenvalue weighted by Crippen LogP contribution is 2.27. The van der Waals surface area contributed by atoms with Gasteiger partial charge < -0.3 is 9.84 Å². The number of allylic oxidation sites excluding steroid dienone is 1. The van der Waals surface area contributed by atoms with E-state index in [0.29, 0.717) is 17.2 Å². The van der Waals surface area contributed by atoms with Crippen molar-refractivity contribution in [3.05, 3.63) is 78.3 Å². The number of phenols is 1. The van der Waals surface area contributed by atoms with E-state index in [1.807, 2.05) is 12.1 Å². The van der Waals surface area contributed by atoms with Crippen molar-refractivity contribution in [3.8, 4) is 28.1 Å². The highest BCUT2D eigenvalue weighted by molar-refractivity contribution is 5.68. The minimum atomic E-state index is -0.463. The van der Waals surface area contributed by atoms with Crippen molar-refractivity contribution >= 4 is 6.08 Å². The number of halogens is 1. The first-order chi connectivity index (χ1) is 16.1. The van der Waals surface area contributed by atoms with Gasteiger partial charge in [0.2, 0.25) is 0 Å². The van der Waals surface area contributed by atoms with Gasteiger partial charge in [0.05, 0.1) is 11.8 Å². The van der Waals surface area contributed by atoms with Crippen LogP contribution >= 0.6 is 0 Å². The highest BCUT2D eigenvalue weighted by atomic mass is 19.1. The van der Waals surface area contributed by atoms with Crippen LogP contribution in [0.15, 0.2) is 66.9 Å². The first kappa shape index (κ1) is 24.7. The summed E-state index contributed by atoms with van der Waals surface area (Å²) < 4.78 is 19.9. The summed E-state index contributed by atoms with van der Waals surface area (Å²) in [4.78, 5) is 4.49. The Kier molecular flexibility index (Phi) is 9.64. The summed E-state index contributed by atoms with van der Waals surface area (Å²) >= 11 is 0. The molecule has 0 aliphatic carbocycles. The lowest BCUT2D eigenvalue weighted by Gasteiger charge is -2.12. The van der Waals surface area contributed by atoms with Crippen LogP contribution in [0.1, 0.15) is 57.9 Å². The van der Waals surface area contributed by atoms with Crippen LogP contribution in [-0.4, -0.2) is 22.8 Å². The number of aromatic nitrogens is 1. The fourth-order valence-corrected chi connectivity index (χ4v) is 3.69. The molecular weight excluding hydrogens is 413 g/mol. The number of aromatic hydroxyl groups is 1. The fraction of sp³-hybridized carbons (Fsp3) is 0.345. The molecular formula is C29H34FNO2. The van der Waals surface area contributed by atoms with Gasteiger partial charge in [-0.1, -0.05) is 62.2 Å². The molecule has 174 valence electrons. The molecule has 0 aliphatic rings. The first-order valence-electron chi connectivity index (χ1n) is 11.9. The molecule has 0 aliphatic heterocycles. The molecule has 1 aromatic heterocycles. The van der Waals surface area contributed by atoms with Crippen molar-refractivity contribution in [3.63, 3.8) is 0 Å². The lowest BCUT2D eigenvalue weighted by molar-refractivity contribution is 0.0566. The lowest BCUT2D eigenvalue weighted by Crippen LogP contribution is -2.08. The van der Waals surface area contributed by atoms with Gasteiger partial charge in [0.15, 0.2) is 0 Å². The third-order valence-corrected chi connectivity index (χ3v) is 5.68. The quantitative estimate of drug-likeness (QED) is 0.286. The van der Waals surface area contributed by atoms with Gasteiger partial charge in [-0.3, -0.25) is 4.98 Å². The van der Waals surface area contributed by atoms with Crippen molar-refractivity contribution in [1.82, 2.24) is 4.98 Å². The Hall–Kier alpha value is -2.98. The van der Waals surface area contributed by atoms with Crippen LogP contribution in [0.4, 0.5) is 4.39 Å². The molecule has 3 nitrogen and oxygen atoms in total. The largest absolute Gasteiger partial charge is 0.508 e. The fourth-order valence-electron chi connectivity index (χ4n) is 3.69. The molecule has 3 rings (SSSR count). The Labute approximate surface area is 197 Å². The third kappa shape index (κ3) is 7.83. The average Bonchev–Trinajstić information content (AvgIpc) is 2.82. The molecule has 0 saturated carbocycles. The van der Waals surface area contributed by atoms with Crippen LogP contribution in [0.25, 0.3) is 28.5 Å². The summed E-state index contributed by atoms with van der Waals surface area (Å²) in [7, 11) is 0. The van der Waals surface area contributed by atoms with Crippen LogP contribution in [0.3, 0.4) is 0 Å². The summed E-state index contributed by atoms with van der Waals surface area (Å²) in [5.41, 5.74) is 4.10. The van der Waals surface area contributed by atoms with Gasteiger partial charge in [0, 0.05) is 35.6 Å². The first-order valence-corrected chi connectivity index (χ1v) is 11.9. The smallest absolute Gasteiger partial charge is 0.134 e. The molecule has 1 atom stereocenters. The molecule has 1 N–H and O–H groups in total. The molecule has 4 heteroatoms. The normalized spacial score (nSPS) is 12.3. The maximum atomic E-state index is 14.1. The summed E-state index contributed by atoms with van der Waals surface area (Å²) in [6.07, 6.45) is 13.3. The zero-order valence-electron chi connectivity index (χ0n) is 19.6. The minimum Gasteiger partial charge on any atom is -0.508 e. The summed E-state index contributed by atoms with van der Waals surface area (Å²) in [6.45, 7) is 5.25. The van der Waals surface area contributed by atoms with Gasteiger partial charge >= 0.3 is 0 Å². The number of benzene rings is 2. The van der Waals surface area contributed by atoms with Gasteiger partial charge in [-0.05, 0) is 56.4 Å². The molecule has 0 radical (unpaired) electrons. The SMILES string of the molecule is CCCCCOC(C)CCCC=Cc1ccc(-c2ccc(-c3ccc(O)cc3F)cn2)cc1. The van der Waals surface area contributed by atoms with Crippen molar-refractivity contribution in [2.45, 2.75) is 58.5 Å². The standard InChI is InChI=1S/C29H34FNO2/c1-3-4-8-19-33-22(2)9-6-5-7-10-23-11-13-24(14-12-23)29-18-15-25(21-31-29)27-17-16-26(32)20-28(27)30/h7,10-18,20-22,32H,3-6,8-9,19H2,1-2H3. The minimum absolute atomic E-state index is 0.0867. The van der Waals surface area contributed by atoms with E-state index in [0.717, 1.165) is 55.2 Å². The second-order valence-corrected chi connectivity index (χ2v) is 8.44. The number of pyridine rings is 1. The second kappa shape index (κ2) is 12.9. The number of nitrogens with zero attached hydrogens (tertiary/aromatic N) is 1. The number of ether oxygens (including phenoxy) is 1. The predicted octanol–water partition coefficient (Wildman–Crippen LogP) is 8.04. The van der Waals surface area contributed by atoms with Gasteiger partial charge in [0.25, 0.3) is 0 Å². The Morgan fingerprint density at radius 2 is 1.79 bits per heavy atom. The van der Waals surface area contributed by atoms with E-state index in [1.54, 1.807) is 12.3 Å². The van der Waals surface area contributed by atoms with E-state index in [-0.39, 0.29) is 5.75 Å². The summed E-state index contributed by atoms with van der Waals surface area (Å²) in [5, 5.41) is 9.38. The topological polar surface area (TPSA) is 42.4 Å². The van der Waals surface area contributed by atoms with E-state index in [1.165, 1.54) is 18.9 Å². The number of rotatable bonds is 12. The molecule has 0 spiro atoms. The van der Waals surface area contributed by atoms with Gasteiger partial charge in [-0.2, -0.15) is 0 Å². The molecule has 0 bridgehead atoms. The zero-order valence-corrected chi connectivity index (χ0v) is 19.6. The maximum Gasteiger partial charge on any atom is 0.134 e. The number of phenolic OH excluding ortho intramolecular Hbond substituents is 1. The molecule has 0 fully saturated rings. The average molecular weight is 448 g/mol. The predicted molar refractivity (Wildman–Crippen MR) is 135 cm³/mol. The van der Waals surface area contributed by atoms with E-state index >= 15 is 0 Å². The molecule has 1 heterocycles. The Morgan fingerprint density at radius 3 is 2.48 bits per heavy atom. The molecule has 0 saturated heterocycles.